The Bertz CT molecular complexity index is 779. The number of nitrogens with one attached hydrogen (secondary N) is 1. The van der Waals surface area contributed by atoms with Gasteiger partial charge in [-0.25, -0.2) is 4.39 Å². The van der Waals surface area contributed by atoms with Gasteiger partial charge >= 0.3 is 6.61 Å². The van der Waals surface area contributed by atoms with Crippen molar-refractivity contribution in [2.45, 2.75) is 6.61 Å². The molecule has 0 aromatic heterocycles. The summed E-state index contributed by atoms with van der Waals surface area (Å²) in [7, 11) is 0. The van der Waals surface area contributed by atoms with E-state index in [0.717, 1.165) is 0 Å². The van der Waals surface area contributed by atoms with E-state index in [4.69, 9.17) is 5.26 Å². The summed E-state index contributed by atoms with van der Waals surface area (Å²) in [6.07, 6.45) is 1.30. The molecule has 0 spiro atoms. The lowest BCUT2D eigenvalue weighted by Crippen LogP contribution is -2.13. The average Bonchev–Trinajstić information content (AvgIpc) is 2.55. The largest absolute Gasteiger partial charge is 0.435 e. The molecule has 2 aromatic carbocycles. The number of nitriles is 1. The minimum absolute atomic E-state index is 0.0311. The van der Waals surface area contributed by atoms with Gasteiger partial charge in [0.15, 0.2) is 0 Å². The number of carbonyl (C=O) groups is 1. The molecule has 0 atom stereocenters. The Morgan fingerprint density at radius 2 is 1.75 bits per heavy atom. The highest BCUT2D eigenvalue weighted by atomic mass is 19.3. The van der Waals surface area contributed by atoms with Crippen LogP contribution in [0.3, 0.4) is 0 Å². The van der Waals surface area contributed by atoms with Crippen LogP contribution in [-0.2, 0) is 4.79 Å². The first-order valence-electron chi connectivity index (χ1n) is 6.71. The van der Waals surface area contributed by atoms with Gasteiger partial charge in [-0.1, -0.05) is 12.1 Å². The number of hydrogen-bond acceptors (Lipinski definition) is 3. The molecule has 0 saturated heterocycles. The molecule has 2 rings (SSSR count). The van der Waals surface area contributed by atoms with Gasteiger partial charge in [-0.15, -0.1) is 0 Å². The molecule has 2 aromatic rings. The molecule has 0 saturated carbocycles. The van der Waals surface area contributed by atoms with Crippen LogP contribution >= 0.6 is 0 Å². The Balaban J connectivity index is 2.11. The van der Waals surface area contributed by atoms with E-state index in [1.54, 1.807) is 6.07 Å². The molecule has 0 bridgehead atoms. The van der Waals surface area contributed by atoms with E-state index in [0.29, 0.717) is 11.3 Å². The first-order chi connectivity index (χ1) is 11.5. The summed E-state index contributed by atoms with van der Waals surface area (Å²) in [6.45, 7) is -2.93. The van der Waals surface area contributed by atoms with Gasteiger partial charge in [0, 0.05) is 5.69 Å². The maximum absolute atomic E-state index is 12.8. The normalized spacial score (nSPS) is 11.0. The van der Waals surface area contributed by atoms with E-state index < -0.39 is 18.3 Å². The van der Waals surface area contributed by atoms with Crippen LogP contribution in [0.25, 0.3) is 6.08 Å². The SMILES string of the molecule is N#CC(=Cc1ccc(OC(F)F)cc1)C(=O)Nc1ccc(F)cc1. The number of benzene rings is 2. The third-order valence-electron chi connectivity index (χ3n) is 2.88. The second-order valence-electron chi connectivity index (χ2n) is 4.58. The average molecular weight is 332 g/mol. The van der Waals surface area contributed by atoms with E-state index in [9.17, 15) is 18.0 Å². The summed E-state index contributed by atoms with van der Waals surface area (Å²) in [4.78, 5) is 12.0. The van der Waals surface area contributed by atoms with Crippen LogP contribution in [0.4, 0.5) is 18.9 Å². The van der Waals surface area contributed by atoms with E-state index in [2.05, 4.69) is 10.1 Å². The number of nitrogens with zero attached hydrogens (tertiary/aromatic N) is 1. The van der Waals surface area contributed by atoms with E-state index >= 15 is 0 Å². The number of halogens is 3. The van der Waals surface area contributed by atoms with Crippen molar-refractivity contribution in [3.63, 3.8) is 0 Å². The fourth-order valence-electron chi connectivity index (χ4n) is 1.79. The standard InChI is InChI=1S/C17H11F3N2O2/c18-13-3-5-14(6-4-13)22-16(23)12(10-21)9-11-1-7-15(8-2-11)24-17(19)20/h1-9,17H,(H,22,23). The smallest absolute Gasteiger partial charge is 0.387 e. The zero-order valence-electron chi connectivity index (χ0n) is 12.2. The molecule has 122 valence electrons. The monoisotopic (exact) mass is 332 g/mol. The molecular formula is C17H11F3N2O2. The summed E-state index contributed by atoms with van der Waals surface area (Å²) in [5.41, 5.74) is 0.604. The zero-order chi connectivity index (χ0) is 17.5. The van der Waals surface area contributed by atoms with Crippen molar-refractivity contribution < 1.29 is 22.7 Å². The van der Waals surface area contributed by atoms with Crippen molar-refractivity contribution in [3.8, 4) is 11.8 Å². The minimum Gasteiger partial charge on any atom is -0.435 e. The summed E-state index contributed by atoms with van der Waals surface area (Å²) < 4.78 is 41.2. The maximum Gasteiger partial charge on any atom is 0.387 e. The van der Waals surface area contributed by atoms with Crippen LogP contribution < -0.4 is 10.1 Å². The van der Waals surface area contributed by atoms with Crippen LogP contribution in [0.1, 0.15) is 5.56 Å². The first-order valence-corrected chi connectivity index (χ1v) is 6.71. The highest BCUT2D eigenvalue weighted by Crippen LogP contribution is 2.17. The van der Waals surface area contributed by atoms with Crippen LogP contribution in [0, 0.1) is 17.1 Å². The van der Waals surface area contributed by atoms with Crippen molar-refractivity contribution in [2.24, 2.45) is 0 Å². The van der Waals surface area contributed by atoms with Gasteiger partial charge in [-0.3, -0.25) is 4.79 Å². The molecule has 1 amide bonds. The molecule has 0 unspecified atom stereocenters. The highest BCUT2D eigenvalue weighted by Gasteiger charge is 2.10. The molecule has 24 heavy (non-hydrogen) atoms. The molecule has 4 nitrogen and oxygen atoms in total. The van der Waals surface area contributed by atoms with E-state index in [1.165, 1.54) is 54.6 Å². The Labute approximate surface area is 135 Å². The van der Waals surface area contributed by atoms with Gasteiger partial charge in [0.05, 0.1) is 0 Å². The Morgan fingerprint density at radius 1 is 1.12 bits per heavy atom. The molecule has 1 N–H and O–H groups in total. The van der Waals surface area contributed by atoms with Crippen molar-refractivity contribution in [2.75, 3.05) is 5.32 Å². The van der Waals surface area contributed by atoms with E-state index in [1.807, 2.05) is 0 Å². The highest BCUT2D eigenvalue weighted by molar-refractivity contribution is 6.09. The Kier molecular flexibility index (Phi) is 5.58. The van der Waals surface area contributed by atoms with Gasteiger partial charge in [-0.05, 0) is 48.0 Å². The minimum atomic E-state index is -2.93. The van der Waals surface area contributed by atoms with Crippen molar-refractivity contribution in [1.29, 1.82) is 5.26 Å². The molecule has 0 radical (unpaired) electrons. The number of rotatable bonds is 5. The second kappa shape index (κ2) is 7.83. The van der Waals surface area contributed by atoms with Gasteiger partial charge < -0.3 is 10.1 Å². The van der Waals surface area contributed by atoms with Crippen LogP contribution in [0.5, 0.6) is 5.75 Å². The lowest BCUT2D eigenvalue weighted by molar-refractivity contribution is -0.112. The quantitative estimate of drug-likeness (QED) is 0.665. The summed E-state index contributed by atoms with van der Waals surface area (Å²) >= 11 is 0. The molecule has 0 aliphatic carbocycles. The van der Waals surface area contributed by atoms with E-state index in [-0.39, 0.29) is 11.3 Å². The lowest BCUT2D eigenvalue weighted by atomic mass is 10.1. The third kappa shape index (κ3) is 4.88. The molecular weight excluding hydrogens is 321 g/mol. The fraction of sp³-hybridized carbons (Fsp3) is 0.0588. The second-order valence-corrected chi connectivity index (χ2v) is 4.58. The molecule has 0 aliphatic rings. The predicted octanol–water partition coefficient (Wildman–Crippen LogP) is 3.97. The van der Waals surface area contributed by atoms with Gasteiger partial charge in [0.25, 0.3) is 5.91 Å². The lowest BCUT2D eigenvalue weighted by Gasteiger charge is -2.05. The molecule has 0 aliphatic heterocycles. The number of alkyl halides is 2. The molecule has 0 heterocycles. The first kappa shape index (κ1) is 17.1. The number of hydrogen-bond donors (Lipinski definition) is 1. The zero-order valence-corrected chi connectivity index (χ0v) is 12.2. The summed E-state index contributed by atoms with van der Waals surface area (Å²) in [5.74, 6) is -1.15. The predicted molar refractivity (Wildman–Crippen MR) is 81.7 cm³/mol. The van der Waals surface area contributed by atoms with Gasteiger partial charge in [0.2, 0.25) is 0 Å². The number of anilines is 1. The van der Waals surface area contributed by atoms with Crippen LogP contribution in [0.2, 0.25) is 0 Å². The van der Waals surface area contributed by atoms with Gasteiger partial charge in [-0.2, -0.15) is 14.0 Å². The maximum atomic E-state index is 12.8. The Hall–Kier alpha value is -3.27. The van der Waals surface area contributed by atoms with Crippen molar-refractivity contribution in [1.82, 2.24) is 0 Å². The van der Waals surface area contributed by atoms with Gasteiger partial charge in [0.1, 0.15) is 23.2 Å². The number of ether oxygens (including phenoxy) is 1. The summed E-state index contributed by atoms with van der Waals surface area (Å²) in [6, 6.07) is 12.3. The fourth-order valence-corrected chi connectivity index (χ4v) is 1.79. The number of carbonyl (C=O) groups excluding carboxylic acids is 1. The Morgan fingerprint density at radius 3 is 2.29 bits per heavy atom. The van der Waals surface area contributed by atoms with Crippen molar-refractivity contribution >= 4 is 17.7 Å². The topological polar surface area (TPSA) is 62.1 Å². The molecule has 0 fully saturated rings. The van der Waals surface area contributed by atoms with Crippen molar-refractivity contribution in [3.05, 3.63) is 65.5 Å². The molecule has 7 heteroatoms. The number of amides is 1. The third-order valence-corrected chi connectivity index (χ3v) is 2.88. The van der Waals surface area contributed by atoms with Crippen LogP contribution in [0.15, 0.2) is 54.1 Å². The summed E-state index contributed by atoms with van der Waals surface area (Å²) in [5, 5.41) is 11.5. The van der Waals surface area contributed by atoms with Crippen LogP contribution in [-0.4, -0.2) is 12.5 Å².